The van der Waals surface area contributed by atoms with Crippen LogP contribution in [0.5, 0.6) is 11.5 Å². The van der Waals surface area contributed by atoms with Crippen molar-refractivity contribution in [1.82, 2.24) is 20.1 Å². The second-order valence-corrected chi connectivity index (χ2v) is 11.5. The van der Waals surface area contributed by atoms with Crippen molar-refractivity contribution in [1.29, 1.82) is 0 Å². The lowest BCUT2D eigenvalue weighted by molar-refractivity contribution is -0.265. The van der Waals surface area contributed by atoms with Crippen LogP contribution in [0.2, 0.25) is 0 Å². The van der Waals surface area contributed by atoms with E-state index in [1.54, 1.807) is 10.9 Å². The fourth-order valence-electron chi connectivity index (χ4n) is 5.32. The normalized spacial score (nSPS) is 19.0. The minimum absolute atomic E-state index is 0.114. The van der Waals surface area contributed by atoms with Crippen LogP contribution in [0.25, 0.3) is 22.2 Å². The van der Waals surface area contributed by atoms with E-state index in [1.165, 1.54) is 26.2 Å². The summed E-state index contributed by atoms with van der Waals surface area (Å²) >= 11 is 0. The van der Waals surface area contributed by atoms with Gasteiger partial charge in [0.15, 0.2) is 0 Å². The van der Waals surface area contributed by atoms with Gasteiger partial charge in [-0.1, -0.05) is 0 Å². The summed E-state index contributed by atoms with van der Waals surface area (Å²) in [5, 5.41) is 18.2. The average Bonchev–Trinajstić information content (AvgIpc) is 3.65. The van der Waals surface area contributed by atoms with Gasteiger partial charge in [0.2, 0.25) is 11.5 Å². The van der Waals surface area contributed by atoms with E-state index >= 15 is 0 Å². The number of nitrogens with two attached hydrogens (primary N) is 1. The molecule has 1 aliphatic carbocycles. The van der Waals surface area contributed by atoms with E-state index < -0.39 is 82.3 Å². The molecular weight excluding hydrogens is 624 g/mol. The van der Waals surface area contributed by atoms with Crippen LogP contribution in [0.1, 0.15) is 47.4 Å². The number of amides is 2. The number of rotatable bonds is 8. The number of halogens is 6. The van der Waals surface area contributed by atoms with Crippen LogP contribution in [0.4, 0.5) is 26.3 Å². The zero-order valence-electron chi connectivity index (χ0n) is 24.1. The number of alkyl halides is 3. The molecule has 46 heavy (non-hydrogen) atoms. The highest BCUT2D eigenvalue weighted by Gasteiger charge is 2.58. The number of pyridine rings is 1. The van der Waals surface area contributed by atoms with Crippen molar-refractivity contribution in [2.45, 2.75) is 43.0 Å². The van der Waals surface area contributed by atoms with Gasteiger partial charge in [-0.05, 0) is 38.0 Å². The Bertz CT molecular complexity index is 1900. The van der Waals surface area contributed by atoms with Crippen molar-refractivity contribution in [2.24, 2.45) is 5.73 Å². The standard InChI is InChI=1S/C30H25F6N5O5/c1-28(27(37)43)12-46-25-17(28)9-21(39-24(25)22-18(32)7-15(31)8-19(22)33)29(44,30(34,35)36)11-38-26(42)13-5-14-10-41(16-3-4-16)40-23(14)20(6-13)45-2/h5-10,16,44H,3-4,11-12H2,1-2H3,(H2,37,43)(H,38,42)/t28-,29?/m0/s1. The number of carbonyl (C=O) groups is 2. The molecule has 0 spiro atoms. The summed E-state index contributed by atoms with van der Waals surface area (Å²) in [5.74, 6) is -6.81. The van der Waals surface area contributed by atoms with E-state index in [4.69, 9.17) is 15.2 Å². The Hall–Kier alpha value is -4.86. The predicted molar refractivity (Wildman–Crippen MR) is 148 cm³/mol. The molecule has 2 amide bonds. The summed E-state index contributed by atoms with van der Waals surface area (Å²) in [6, 6.07) is 4.09. The molecule has 1 unspecified atom stereocenters. The van der Waals surface area contributed by atoms with E-state index in [1.807, 2.05) is 0 Å². The fourth-order valence-corrected chi connectivity index (χ4v) is 5.32. The Labute approximate surface area is 256 Å². The summed E-state index contributed by atoms with van der Waals surface area (Å²) in [4.78, 5) is 29.3. The van der Waals surface area contributed by atoms with Gasteiger partial charge in [-0.3, -0.25) is 14.3 Å². The first-order valence-electron chi connectivity index (χ1n) is 13.8. The molecule has 16 heteroatoms. The van der Waals surface area contributed by atoms with Gasteiger partial charge in [-0.15, -0.1) is 0 Å². The number of aliphatic hydroxyl groups is 1. The predicted octanol–water partition coefficient (Wildman–Crippen LogP) is 4.17. The molecule has 1 saturated carbocycles. The second kappa shape index (κ2) is 10.6. The molecule has 10 nitrogen and oxygen atoms in total. The van der Waals surface area contributed by atoms with Crippen molar-refractivity contribution in [3.05, 3.63) is 70.8 Å². The third-order valence-electron chi connectivity index (χ3n) is 8.25. The number of benzene rings is 2. The maximum absolute atomic E-state index is 14.9. The maximum atomic E-state index is 14.9. The highest BCUT2D eigenvalue weighted by Crippen LogP contribution is 2.48. The number of carbonyl (C=O) groups excluding carboxylic acids is 2. The third-order valence-corrected chi connectivity index (χ3v) is 8.25. The minimum Gasteiger partial charge on any atom is -0.494 e. The van der Waals surface area contributed by atoms with Crippen molar-refractivity contribution in [3.8, 4) is 22.8 Å². The highest BCUT2D eigenvalue weighted by atomic mass is 19.4. The lowest BCUT2D eigenvalue weighted by atomic mass is 9.81. The molecule has 242 valence electrons. The van der Waals surface area contributed by atoms with Crippen molar-refractivity contribution < 1.29 is 50.5 Å². The third kappa shape index (κ3) is 4.96. The topological polar surface area (TPSA) is 142 Å². The molecule has 3 heterocycles. The van der Waals surface area contributed by atoms with Crippen LogP contribution < -0.4 is 20.5 Å². The second-order valence-electron chi connectivity index (χ2n) is 11.5. The number of nitrogens with zero attached hydrogens (tertiary/aromatic N) is 3. The molecule has 0 bridgehead atoms. The summed E-state index contributed by atoms with van der Waals surface area (Å²) in [6.07, 6.45) is -2.03. The molecule has 2 aromatic heterocycles. The molecule has 0 radical (unpaired) electrons. The van der Waals surface area contributed by atoms with E-state index in [0.717, 1.165) is 12.8 Å². The molecule has 1 fully saturated rings. The van der Waals surface area contributed by atoms with E-state index in [0.29, 0.717) is 17.0 Å². The largest absolute Gasteiger partial charge is 0.494 e. The number of hydrogen-bond donors (Lipinski definition) is 3. The monoisotopic (exact) mass is 649 g/mol. The smallest absolute Gasteiger partial charge is 0.424 e. The molecule has 2 aromatic carbocycles. The zero-order valence-corrected chi connectivity index (χ0v) is 24.1. The molecule has 1 aliphatic heterocycles. The first-order valence-corrected chi connectivity index (χ1v) is 13.8. The van der Waals surface area contributed by atoms with Gasteiger partial charge < -0.3 is 25.6 Å². The Morgan fingerprint density at radius 2 is 1.83 bits per heavy atom. The molecule has 0 saturated heterocycles. The molecule has 2 aliphatic rings. The molecule has 4 N–H and O–H groups in total. The zero-order chi connectivity index (χ0) is 33.3. The van der Waals surface area contributed by atoms with Crippen LogP contribution in [-0.4, -0.2) is 58.1 Å². The van der Waals surface area contributed by atoms with Gasteiger partial charge in [0.25, 0.3) is 5.91 Å². The Kier molecular flexibility index (Phi) is 7.18. The lowest BCUT2D eigenvalue weighted by Gasteiger charge is -2.31. The quantitative estimate of drug-likeness (QED) is 0.243. The number of nitrogens with one attached hydrogen (secondary N) is 1. The summed E-state index contributed by atoms with van der Waals surface area (Å²) in [5.41, 5.74) is -3.53. The maximum Gasteiger partial charge on any atom is 0.424 e. The van der Waals surface area contributed by atoms with Gasteiger partial charge in [0.05, 0.1) is 31.0 Å². The number of methoxy groups -OCH3 is 1. The molecule has 6 rings (SSSR count). The van der Waals surface area contributed by atoms with Gasteiger partial charge >= 0.3 is 6.18 Å². The van der Waals surface area contributed by atoms with Crippen molar-refractivity contribution in [2.75, 3.05) is 20.3 Å². The number of ether oxygens (including phenoxy) is 2. The summed E-state index contributed by atoms with van der Waals surface area (Å²) in [6.45, 7) is -0.844. The van der Waals surface area contributed by atoms with Gasteiger partial charge in [-0.25, -0.2) is 18.2 Å². The fraction of sp³-hybridized carbons (Fsp3) is 0.333. The van der Waals surface area contributed by atoms with Crippen LogP contribution in [0.15, 0.2) is 36.5 Å². The molecule has 2 atom stereocenters. The van der Waals surface area contributed by atoms with Gasteiger partial charge in [0.1, 0.15) is 52.2 Å². The highest BCUT2D eigenvalue weighted by molar-refractivity contribution is 6.00. The number of hydrogen-bond acceptors (Lipinski definition) is 7. The molecular formula is C30H25F6N5O5. The Balaban J connectivity index is 1.43. The molecule has 4 aromatic rings. The summed E-state index contributed by atoms with van der Waals surface area (Å²) < 4.78 is 100. The lowest BCUT2D eigenvalue weighted by Crippen LogP contribution is -2.51. The number of fused-ring (bicyclic) bond motifs is 2. The number of aromatic nitrogens is 3. The van der Waals surface area contributed by atoms with Crippen LogP contribution in [0, 0.1) is 17.5 Å². The van der Waals surface area contributed by atoms with E-state index in [2.05, 4.69) is 15.4 Å². The van der Waals surface area contributed by atoms with Crippen LogP contribution in [0.3, 0.4) is 0 Å². The first kappa shape index (κ1) is 31.1. The van der Waals surface area contributed by atoms with Gasteiger partial charge in [-0.2, -0.15) is 18.3 Å². The SMILES string of the molecule is COc1cc(C(=O)NCC(O)(c2cc3c(c(-c4c(F)cc(F)cc4F)n2)OC[C@]3(C)C(N)=O)C(F)(F)F)cc2cn(C3CC3)nc12. The Morgan fingerprint density at radius 1 is 1.15 bits per heavy atom. The minimum atomic E-state index is -5.55. The Morgan fingerprint density at radius 3 is 2.41 bits per heavy atom. The van der Waals surface area contributed by atoms with Crippen LogP contribution >= 0.6 is 0 Å². The average molecular weight is 650 g/mol. The summed E-state index contributed by atoms with van der Waals surface area (Å²) in [7, 11) is 1.34. The van der Waals surface area contributed by atoms with Crippen LogP contribution in [-0.2, 0) is 15.8 Å². The number of primary amides is 1. The van der Waals surface area contributed by atoms with E-state index in [-0.39, 0.29) is 35.1 Å². The van der Waals surface area contributed by atoms with Crippen molar-refractivity contribution >= 4 is 22.7 Å². The first-order chi connectivity index (χ1) is 21.6. The van der Waals surface area contributed by atoms with Gasteiger partial charge in [0, 0.05) is 34.8 Å². The van der Waals surface area contributed by atoms with E-state index in [9.17, 15) is 41.0 Å². The van der Waals surface area contributed by atoms with Crippen molar-refractivity contribution in [3.63, 3.8) is 0 Å².